The summed E-state index contributed by atoms with van der Waals surface area (Å²) in [5.74, 6) is -3.87. The van der Waals surface area contributed by atoms with Gasteiger partial charge in [-0.05, 0) is 17.7 Å². The average molecular weight is 308 g/mol. The van der Waals surface area contributed by atoms with Crippen LogP contribution in [0.4, 0.5) is 8.78 Å². The van der Waals surface area contributed by atoms with E-state index in [1.165, 1.54) is 0 Å². The van der Waals surface area contributed by atoms with Crippen molar-refractivity contribution < 1.29 is 18.7 Å². The van der Waals surface area contributed by atoms with Gasteiger partial charge >= 0.3 is 0 Å². The predicted molar refractivity (Wildman–Crippen MR) is 63.4 cm³/mol. The van der Waals surface area contributed by atoms with Gasteiger partial charge < -0.3 is 10.4 Å². The third-order valence-corrected chi connectivity index (χ3v) is 2.76. The van der Waals surface area contributed by atoms with Crippen molar-refractivity contribution >= 4 is 21.8 Å². The SMILES string of the molecule is O=C(NCC(F)(F)CO)c1ccc(CBr)cc1. The number of hydrogen-bond acceptors (Lipinski definition) is 2. The van der Waals surface area contributed by atoms with Gasteiger partial charge in [0, 0.05) is 10.9 Å². The molecule has 6 heteroatoms. The van der Waals surface area contributed by atoms with E-state index < -0.39 is 25.0 Å². The quantitative estimate of drug-likeness (QED) is 0.817. The van der Waals surface area contributed by atoms with Crippen molar-refractivity contribution in [2.45, 2.75) is 11.3 Å². The van der Waals surface area contributed by atoms with Crippen molar-refractivity contribution in [3.63, 3.8) is 0 Å². The molecule has 1 aromatic rings. The lowest BCUT2D eigenvalue weighted by atomic mass is 10.1. The van der Waals surface area contributed by atoms with Crippen LogP contribution in [0.3, 0.4) is 0 Å². The molecule has 0 radical (unpaired) electrons. The monoisotopic (exact) mass is 307 g/mol. The molecule has 2 N–H and O–H groups in total. The largest absolute Gasteiger partial charge is 0.390 e. The van der Waals surface area contributed by atoms with E-state index in [1.807, 2.05) is 0 Å². The molecule has 0 fully saturated rings. The molecule has 0 saturated carbocycles. The molecule has 3 nitrogen and oxygen atoms in total. The van der Waals surface area contributed by atoms with Crippen LogP contribution in [0.15, 0.2) is 24.3 Å². The summed E-state index contributed by atoms with van der Waals surface area (Å²) >= 11 is 3.26. The van der Waals surface area contributed by atoms with Gasteiger partial charge in [0.1, 0.15) is 6.61 Å². The van der Waals surface area contributed by atoms with Crippen molar-refractivity contribution in [3.05, 3.63) is 35.4 Å². The maximum Gasteiger partial charge on any atom is 0.287 e. The molecule has 0 spiro atoms. The predicted octanol–water partition coefficient (Wildman–Crippen LogP) is 1.94. The minimum absolute atomic E-state index is 0.309. The number of amides is 1. The van der Waals surface area contributed by atoms with E-state index in [2.05, 4.69) is 21.2 Å². The molecule has 17 heavy (non-hydrogen) atoms. The number of nitrogens with one attached hydrogen (secondary N) is 1. The Morgan fingerprint density at radius 3 is 2.41 bits per heavy atom. The number of alkyl halides is 3. The zero-order chi connectivity index (χ0) is 12.9. The number of aliphatic hydroxyl groups excluding tert-OH is 1. The molecule has 1 amide bonds. The number of carbonyl (C=O) groups is 1. The Hall–Kier alpha value is -1.01. The van der Waals surface area contributed by atoms with Crippen LogP contribution in [-0.4, -0.2) is 30.1 Å². The van der Waals surface area contributed by atoms with Crippen LogP contribution in [0.1, 0.15) is 15.9 Å². The Balaban J connectivity index is 2.58. The molecule has 1 rings (SSSR count). The zero-order valence-corrected chi connectivity index (χ0v) is 10.5. The molecular formula is C11H12BrF2NO2. The van der Waals surface area contributed by atoms with Crippen LogP contribution in [0.2, 0.25) is 0 Å². The fourth-order valence-corrected chi connectivity index (χ4v) is 1.49. The first-order valence-electron chi connectivity index (χ1n) is 4.90. The van der Waals surface area contributed by atoms with Gasteiger partial charge in [-0.2, -0.15) is 0 Å². The van der Waals surface area contributed by atoms with Gasteiger partial charge in [0.15, 0.2) is 0 Å². The van der Waals surface area contributed by atoms with E-state index in [4.69, 9.17) is 5.11 Å². The van der Waals surface area contributed by atoms with E-state index >= 15 is 0 Å². The first-order chi connectivity index (χ1) is 7.98. The second kappa shape index (κ2) is 6.07. The summed E-state index contributed by atoms with van der Waals surface area (Å²) < 4.78 is 25.4. The lowest BCUT2D eigenvalue weighted by Gasteiger charge is -2.13. The van der Waals surface area contributed by atoms with Gasteiger partial charge in [-0.1, -0.05) is 28.1 Å². The molecule has 0 aliphatic heterocycles. The van der Waals surface area contributed by atoms with Crippen LogP contribution in [0.5, 0.6) is 0 Å². The number of benzene rings is 1. The van der Waals surface area contributed by atoms with E-state index in [1.54, 1.807) is 24.3 Å². The number of aliphatic hydroxyl groups is 1. The van der Waals surface area contributed by atoms with Gasteiger partial charge in [0.2, 0.25) is 0 Å². The third kappa shape index (κ3) is 4.40. The molecule has 0 bridgehead atoms. The van der Waals surface area contributed by atoms with E-state index in [0.717, 1.165) is 5.56 Å². The summed E-state index contributed by atoms with van der Waals surface area (Å²) in [5.41, 5.74) is 1.30. The molecule has 0 heterocycles. The van der Waals surface area contributed by atoms with Gasteiger partial charge in [-0.3, -0.25) is 4.79 Å². The molecule has 0 aliphatic carbocycles. The minimum Gasteiger partial charge on any atom is -0.390 e. The number of hydrogen-bond donors (Lipinski definition) is 2. The standard InChI is InChI=1S/C11H12BrF2NO2/c12-5-8-1-3-9(4-2-8)10(17)15-6-11(13,14)7-16/h1-4,16H,5-7H2,(H,15,17). The third-order valence-electron chi connectivity index (χ3n) is 2.11. The highest BCUT2D eigenvalue weighted by molar-refractivity contribution is 9.08. The number of carbonyl (C=O) groups excluding carboxylic acids is 1. The first-order valence-corrected chi connectivity index (χ1v) is 6.02. The topological polar surface area (TPSA) is 49.3 Å². The fraction of sp³-hybridized carbons (Fsp3) is 0.364. The van der Waals surface area contributed by atoms with Crippen LogP contribution in [0.25, 0.3) is 0 Å². The summed E-state index contributed by atoms with van der Waals surface area (Å²) in [6, 6.07) is 6.58. The minimum atomic E-state index is -3.29. The lowest BCUT2D eigenvalue weighted by Crippen LogP contribution is -2.38. The highest BCUT2D eigenvalue weighted by Gasteiger charge is 2.28. The molecule has 0 aliphatic rings. The smallest absolute Gasteiger partial charge is 0.287 e. The Morgan fingerprint density at radius 1 is 1.35 bits per heavy atom. The Bertz CT molecular complexity index is 382. The van der Waals surface area contributed by atoms with Crippen LogP contribution >= 0.6 is 15.9 Å². The van der Waals surface area contributed by atoms with Crippen LogP contribution < -0.4 is 5.32 Å². The summed E-state index contributed by atoms with van der Waals surface area (Å²) in [7, 11) is 0. The highest BCUT2D eigenvalue weighted by atomic mass is 79.9. The Labute approximate surface area is 106 Å². The molecule has 1 aromatic carbocycles. The van der Waals surface area contributed by atoms with E-state index in [0.29, 0.717) is 10.9 Å². The molecule has 0 atom stereocenters. The summed E-state index contributed by atoms with van der Waals surface area (Å²) in [6.07, 6.45) is 0. The van der Waals surface area contributed by atoms with Gasteiger partial charge in [0.25, 0.3) is 11.8 Å². The Kier molecular flexibility index (Phi) is 5.02. The maximum absolute atomic E-state index is 12.7. The van der Waals surface area contributed by atoms with E-state index in [9.17, 15) is 13.6 Å². The highest BCUT2D eigenvalue weighted by Crippen LogP contribution is 2.11. The molecule has 0 unspecified atom stereocenters. The van der Waals surface area contributed by atoms with Crippen molar-refractivity contribution in [1.29, 1.82) is 0 Å². The van der Waals surface area contributed by atoms with Crippen molar-refractivity contribution in [1.82, 2.24) is 5.32 Å². The normalized spacial score (nSPS) is 11.3. The maximum atomic E-state index is 12.7. The summed E-state index contributed by atoms with van der Waals surface area (Å²) in [5, 5.41) is 11.1. The van der Waals surface area contributed by atoms with Gasteiger partial charge in [-0.15, -0.1) is 0 Å². The van der Waals surface area contributed by atoms with Crippen molar-refractivity contribution in [2.24, 2.45) is 0 Å². The van der Waals surface area contributed by atoms with Gasteiger partial charge in [0.05, 0.1) is 6.54 Å². The molecule has 0 aromatic heterocycles. The Morgan fingerprint density at radius 2 is 1.94 bits per heavy atom. The summed E-state index contributed by atoms with van der Waals surface area (Å²) in [6.45, 7) is -2.15. The molecular weight excluding hydrogens is 296 g/mol. The van der Waals surface area contributed by atoms with Crippen LogP contribution in [0, 0.1) is 0 Å². The molecule has 0 saturated heterocycles. The van der Waals surface area contributed by atoms with Gasteiger partial charge in [-0.25, -0.2) is 8.78 Å². The second-order valence-electron chi connectivity index (χ2n) is 3.53. The first kappa shape index (κ1) is 14.1. The van der Waals surface area contributed by atoms with Crippen LogP contribution in [-0.2, 0) is 5.33 Å². The number of halogens is 3. The zero-order valence-electron chi connectivity index (χ0n) is 8.92. The average Bonchev–Trinajstić information content (AvgIpc) is 2.36. The molecule has 94 valence electrons. The second-order valence-corrected chi connectivity index (χ2v) is 4.09. The lowest BCUT2D eigenvalue weighted by molar-refractivity contribution is -0.0462. The van der Waals surface area contributed by atoms with E-state index in [-0.39, 0.29) is 0 Å². The van der Waals surface area contributed by atoms with Crippen molar-refractivity contribution in [3.8, 4) is 0 Å². The number of rotatable bonds is 5. The summed E-state index contributed by atoms with van der Waals surface area (Å²) in [4.78, 5) is 11.5. The fourth-order valence-electron chi connectivity index (χ4n) is 1.11. The van der Waals surface area contributed by atoms with Crippen molar-refractivity contribution in [2.75, 3.05) is 13.2 Å².